The summed E-state index contributed by atoms with van der Waals surface area (Å²) in [5.41, 5.74) is -27.7. The minimum Gasteiger partial charge on any atom is -0.478 e. The molecule has 0 aliphatic heterocycles. The van der Waals surface area contributed by atoms with Gasteiger partial charge in [0.05, 0.1) is 33.4 Å². The van der Waals surface area contributed by atoms with E-state index in [0.717, 1.165) is 0 Å². The zero-order valence-corrected chi connectivity index (χ0v) is 24.2. The van der Waals surface area contributed by atoms with E-state index in [1.807, 2.05) is 0 Å². The maximum absolute atomic E-state index is 15.3. The molecule has 0 aromatic heterocycles. The average Bonchev–Trinajstić information content (AvgIpc) is 2.96. The summed E-state index contributed by atoms with van der Waals surface area (Å²) in [5.74, 6) is -107. The fourth-order valence-electron chi connectivity index (χ4n) is 4.09. The summed E-state index contributed by atoms with van der Waals surface area (Å²) in [6, 6.07) is 0. The number of alkyl halides is 26. The Balaban J connectivity index is 4.98. The molecule has 0 unspecified atom stereocenters. The minimum atomic E-state index is -9.20. The fraction of sp³-hybridized carbons (Fsp3) is 0.545. The first-order valence-corrected chi connectivity index (χ1v) is 12.1. The molecule has 1 rings (SSSR count). The van der Waals surface area contributed by atoms with Crippen molar-refractivity contribution < 1.29 is 154 Å². The number of carbonyl (C=O) groups is 4. The normalized spacial score (nSPS) is 15.2. The smallest absolute Gasteiger partial charge is 0.460 e. The Bertz CT molecular complexity index is 1620. The number of hydrogen-bond acceptors (Lipinski definition) is 4. The van der Waals surface area contributed by atoms with E-state index in [1.54, 1.807) is 0 Å². The fourth-order valence-corrected chi connectivity index (χ4v) is 4.09. The lowest BCUT2D eigenvalue weighted by molar-refractivity contribution is -0.442. The lowest BCUT2D eigenvalue weighted by Crippen LogP contribution is -2.70. The maximum Gasteiger partial charge on any atom is 0.460 e. The van der Waals surface area contributed by atoms with Crippen molar-refractivity contribution >= 4 is 23.9 Å². The van der Waals surface area contributed by atoms with E-state index < -0.39 is 129 Å². The molecule has 322 valence electrons. The van der Waals surface area contributed by atoms with Gasteiger partial charge in [0.2, 0.25) is 0 Å². The van der Waals surface area contributed by atoms with Crippen molar-refractivity contribution in [3.05, 3.63) is 33.4 Å². The third-order valence-electron chi connectivity index (χ3n) is 6.85. The second-order valence-corrected chi connectivity index (χ2v) is 10.2. The van der Waals surface area contributed by atoms with Crippen LogP contribution in [-0.2, 0) is 11.8 Å². The summed E-state index contributed by atoms with van der Waals surface area (Å²) in [7, 11) is 0. The molecular formula is C22H4F26O8. The topological polar surface area (TPSA) is 149 Å². The molecule has 34 heteroatoms. The number of hydrogen-bond donors (Lipinski definition) is 4. The van der Waals surface area contributed by atoms with E-state index in [-0.39, 0.29) is 0 Å². The SMILES string of the molecule is O=C(O)c1c(C(=O)O)c(C(F)(F)C(F)(F)C(F)(F)C(F)(F)C(F)(F)C(F)(F)F)c(C(=O)O)c(C(=O)O)c1C(F)(F)C(F)(F)C(F)(F)C(F)(F)C(F)(F)C(F)(F)F. The van der Waals surface area contributed by atoms with Crippen LogP contribution in [-0.4, -0.2) is 104 Å². The third kappa shape index (κ3) is 6.10. The number of aromatic carboxylic acids is 4. The van der Waals surface area contributed by atoms with Crippen molar-refractivity contribution in [3.63, 3.8) is 0 Å². The van der Waals surface area contributed by atoms with Gasteiger partial charge in [-0.3, -0.25) is 0 Å². The van der Waals surface area contributed by atoms with E-state index in [1.165, 1.54) is 0 Å². The highest BCUT2D eigenvalue weighted by Crippen LogP contribution is 2.65. The largest absolute Gasteiger partial charge is 0.478 e. The zero-order chi connectivity index (χ0) is 45.8. The van der Waals surface area contributed by atoms with Crippen molar-refractivity contribution in [2.24, 2.45) is 0 Å². The van der Waals surface area contributed by atoms with Gasteiger partial charge in [0.1, 0.15) is 0 Å². The molecule has 0 aliphatic rings. The molecule has 0 atom stereocenters. The van der Waals surface area contributed by atoms with Crippen molar-refractivity contribution in [3.8, 4) is 0 Å². The molecule has 8 nitrogen and oxygen atoms in total. The highest BCUT2D eigenvalue weighted by atomic mass is 19.4. The Labute approximate surface area is 283 Å². The van der Waals surface area contributed by atoms with Crippen molar-refractivity contribution in [2.75, 3.05) is 0 Å². The van der Waals surface area contributed by atoms with Gasteiger partial charge in [0.15, 0.2) is 0 Å². The van der Waals surface area contributed by atoms with Crippen LogP contribution in [0.3, 0.4) is 0 Å². The van der Waals surface area contributed by atoms with Crippen molar-refractivity contribution in [2.45, 2.75) is 71.6 Å². The Morgan fingerprint density at radius 1 is 0.268 bits per heavy atom. The van der Waals surface area contributed by atoms with Crippen LogP contribution < -0.4 is 0 Å². The van der Waals surface area contributed by atoms with Gasteiger partial charge in [0.25, 0.3) is 0 Å². The molecule has 0 spiro atoms. The molecule has 0 fully saturated rings. The van der Waals surface area contributed by atoms with E-state index >= 15 is 17.6 Å². The van der Waals surface area contributed by atoms with E-state index in [2.05, 4.69) is 0 Å². The molecule has 0 saturated carbocycles. The van der Waals surface area contributed by atoms with Crippen LogP contribution in [0.5, 0.6) is 0 Å². The summed E-state index contributed by atoms with van der Waals surface area (Å²) >= 11 is 0. The molecule has 1 aromatic carbocycles. The van der Waals surface area contributed by atoms with Gasteiger partial charge >= 0.3 is 95.5 Å². The molecule has 0 aliphatic carbocycles. The van der Waals surface area contributed by atoms with Crippen molar-refractivity contribution in [1.29, 1.82) is 0 Å². The number of carboxylic acids is 4. The molecule has 4 N–H and O–H groups in total. The quantitative estimate of drug-likeness (QED) is 0.136. The number of halogens is 26. The Kier molecular flexibility index (Phi) is 11.4. The second-order valence-electron chi connectivity index (χ2n) is 10.2. The Hall–Kier alpha value is -4.72. The standard InChI is InChI=1S/C22H4F26O8/c23-11(24,13(27,28)15(31,32)17(35,36)19(39,40)21(43,44)45)5-1(7(49)50)2(8(51)52)6(4(10(55)56)3(5)9(53)54)12(25,26)14(29,30)16(33,34)18(37,38)20(41,42)22(46,47)48/h(H,49,50)(H,51,52)(H,53,54)(H,55,56). The molecule has 0 radical (unpaired) electrons. The molecule has 56 heavy (non-hydrogen) atoms. The predicted octanol–water partition coefficient (Wildman–Crippen LogP) is 8.87. The molecule has 0 heterocycles. The summed E-state index contributed by atoms with van der Waals surface area (Å²) in [4.78, 5) is 46.9. The van der Waals surface area contributed by atoms with Crippen LogP contribution in [0.4, 0.5) is 114 Å². The monoisotopic (exact) mass is 890 g/mol. The highest BCUT2D eigenvalue weighted by Gasteiger charge is 2.93. The Morgan fingerprint density at radius 3 is 0.536 bits per heavy atom. The van der Waals surface area contributed by atoms with Crippen molar-refractivity contribution in [1.82, 2.24) is 0 Å². The number of benzene rings is 1. The van der Waals surface area contributed by atoms with E-state index in [4.69, 9.17) is 20.4 Å². The van der Waals surface area contributed by atoms with E-state index in [0.29, 0.717) is 0 Å². The van der Waals surface area contributed by atoms with Gasteiger partial charge in [-0.2, -0.15) is 114 Å². The average molecular weight is 890 g/mol. The minimum absolute atomic E-state index is 4.39. The first-order chi connectivity index (χ1) is 24.0. The highest BCUT2D eigenvalue weighted by molar-refractivity contribution is 6.13. The maximum atomic E-state index is 15.3. The van der Waals surface area contributed by atoms with Crippen LogP contribution in [0.2, 0.25) is 0 Å². The summed E-state index contributed by atoms with van der Waals surface area (Å²) in [6.07, 6.45) is -16.4. The number of carboxylic acid groups (broad SMARTS) is 4. The van der Waals surface area contributed by atoms with Crippen LogP contribution in [0.1, 0.15) is 52.6 Å². The lowest BCUT2D eigenvalue weighted by atomic mass is 9.77. The summed E-state index contributed by atoms with van der Waals surface area (Å²) < 4.78 is 359. The van der Waals surface area contributed by atoms with Gasteiger partial charge < -0.3 is 20.4 Å². The summed E-state index contributed by atoms with van der Waals surface area (Å²) in [5, 5.41) is 36.5. The second kappa shape index (κ2) is 12.9. The third-order valence-corrected chi connectivity index (χ3v) is 6.85. The van der Waals surface area contributed by atoms with Gasteiger partial charge in [-0.05, 0) is 0 Å². The molecule has 0 bridgehead atoms. The van der Waals surface area contributed by atoms with E-state index in [9.17, 15) is 116 Å². The molecule has 1 aromatic rings. The number of rotatable bonds is 14. The Morgan fingerprint density at radius 2 is 0.411 bits per heavy atom. The first kappa shape index (κ1) is 49.3. The van der Waals surface area contributed by atoms with Gasteiger partial charge in [-0.25, -0.2) is 19.2 Å². The van der Waals surface area contributed by atoms with Gasteiger partial charge in [0, 0.05) is 0 Å². The predicted molar refractivity (Wildman–Crippen MR) is 114 cm³/mol. The van der Waals surface area contributed by atoms with Crippen LogP contribution in [0.25, 0.3) is 0 Å². The van der Waals surface area contributed by atoms with Crippen LogP contribution >= 0.6 is 0 Å². The zero-order valence-electron chi connectivity index (χ0n) is 24.2. The first-order valence-electron chi connectivity index (χ1n) is 12.1. The van der Waals surface area contributed by atoms with Crippen LogP contribution in [0, 0.1) is 0 Å². The van der Waals surface area contributed by atoms with Gasteiger partial charge in [-0.15, -0.1) is 0 Å². The molecular weight excluding hydrogens is 886 g/mol. The lowest BCUT2D eigenvalue weighted by Gasteiger charge is -2.41. The van der Waals surface area contributed by atoms with Crippen LogP contribution in [0.15, 0.2) is 0 Å². The molecule has 0 amide bonds. The molecule has 0 saturated heterocycles. The summed E-state index contributed by atoms with van der Waals surface area (Å²) in [6.45, 7) is 0. The van der Waals surface area contributed by atoms with Gasteiger partial charge in [-0.1, -0.05) is 0 Å².